The number of thioether (sulfide) groups is 1. The van der Waals surface area contributed by atoms with E-state index in [1.807, 2.05) is 6.92 Å². The molecule has 1 fully saturated rings. The first kappa shape index (κ1) is 19.3. The Morgan fingerprint density at radius 3 is 2.81 bits per heavy atom. The van der Waals surface area contributed by atoms with Gasteiger partial charge in [0.05, 0.1) is 11.4 Å². The summed E-state index contributed by atoms with van der Waals surface area (Å²) in [7, 11) is -3.53. The first-order chi connectivity index (χ1) is 12.5. The van der Waals surface area contributed by atoms with Crippen LogP contribution in [0.2, 0.25) is 0 Å². The van der Waals surface area contributed by atoms with Crippen molar-refractivity contribution in [3.63, 3.8) is 0 Å². The van der Waals surface area contributed by atoms with E-state index in [1.165, 1.54) is 27.8 Å². The van der Waals surface area contributed by atoms with Crippen LogP contribution >= 0.6 is 23.1 Å². The Bertz CT molecular complexity index is 876. The van der Waals surface area contributed by atoms with Crippen molar-refractivity contribution in [2.75, 3.05) is 30.7 Å². The Hall–Kier alpha value is -1.49. The smallest absolute Gasteiger partial charge is 0.243 e. The maximum atomic E-state index is 12.6. The van der Waals surface area contributed by atoms with E-state index in [0.29, 0.717) is 23.8 Å². The summed E-state index contributed by atoms with van der Waals surface area (Å²) in [4.78, 5) is 12.6. The number of hydrogen-bond acceptors (Lipinski definition) is 8. The number of nitrogens with one attached hydrogen (secondary N) is 1. The van der Waals surface area contributed by atoms with Gasteiger partial charge < -0.3 is 5.32 Å². The number of benzene rings is 1. The predicted octanol–water partition coefficient (Wildman–Crippen LogP) is 2.73. The Morgan fingerprint density at radius 2 is 2.08 bits per heavy atom. The lowest BCUT2D eigenvalue weighted by Crippen LogP contribution is -2.28. The summed E-state index contributed by atoms with van der Waals surface area (Å²) < 4.78 is 27.6. The summed E-state index contributed by atoms with van der Waals surface area (Å²) >= 11 is 2.99. The van der Waals surface area contributed by atoms with E-state index in [-0.39, 0.29) is 17.2 Å². The van der Waals surface area contributed by atoms with E-state index in [9.17, 15) is 13.2 Å². The van der Waals surface area contributed by atoms with E-state index in [2.05, 4.69) is 15.5 Å². The number of carbonyl (C=O) groups is 1. The Morgan fingerprint density at radius 1 is 1.31 bits per heavy atom. The number of Topliss-reactive ketones (excluding diaryl/α,β-unsaturated/α-hetero) is 1. The van der Waals surface area contributed by atoms with Gasteiger partial charge in [0.15, 0.2) is 10.1 Å². The molecule has 0 atom stereocenters. The molecule has 2 aromatic rings. The van der Waals surface area contributed by atoms with Gasteiger partial charge in [0.25, 0.3) is 0 Å². The third kappa shape index (κ3) is 4.43. The van der Waals surface area contributed by atoms with Crippen molar-refractivity contribution < 1.29 is 13.2 Å². The summed E-state index contributed by atoms with van der Waals surface area (Å²) in [6, 6.07) is 6.23. The molecule has 1 aromatic heterocycles. The first-order valence-electron chi connectivity index (χ1n) is 8.34. The Kier molecular flexibility index (Phi) is 6.28. The van der Waals surface area contributed by atoms with Crippen LogP contribution < -0.4 is 5.32 Å². The van der Waals surface area contributed by atoms with Crippen LogP contribution in [0.3, 0.4) is 0 Å². The lowest BCUT2D eigenvalue weighted by atomic mass is 10.1. The fourth-order valence-electron chi connectivity index (χ4n) is 2.63. The monoisotopic (exact) mass is 412 g/mol. The van der Waals surface area contributed by atoms with Gasteiger partial charge in [-0.05, 0) is 30.7 Å². The summed E-state index contributed by atoms with van der Waals surface area (Å²) in [5.41, 5.74) is 0.366. The molecule has 0 spiro atoms. The largest absolute Gasteiger partial charge is 0.353 e. The maximum absolute atomic E-state index is 12.6. The zero-order chi connectivity index (χ0) is 18.6. The van der Waals surface area contributed by atoms with Gasteiger partial charge >= 0.3 is 0 Å². The van der Waals surface area contributed by atoms with Crippen LogP contribution in [0.1, 0.15) is 30.1 Å². The second-order valence-electron chi connectivity index (χ2n) is 5.72. The third-order valence-electron chi connectivity index (χ3n) is 3.93. The summed E-state index contributed by atoms with van der Waals surface area (Å²) in [6.07, 6.45) is 1.75. The zero-order valence-corrected chi connectivity index (χ0v) is 16.8. The molecule has 1 N–H and O–H groups in total. The van der Waals surface area contributed by atoms with Crippen molar-refractivity contribution in [2.45, 2.75) is 29.0 Å². The highest BCUT2D eigenvalue weighted by molar-refractivity contribution is 8.01. The van der Waals surface area contributed by atoms with Crippen LogP contribution in [0.15, 0.2) is 33.5 Å². The van der Waals surface area contributed by atoms with E-state index in [4.69, 9.17) is 0 Å². The highest BCUT2D eigenvalue weighted by atomic mass is 32.2. The molecule has 3 rings (SSSR count). The van der Waals surface area contributed by atoms with Gasteiger partial charge in [-0.25, -0.2) is 8.42 Å². The summed E-state index contributed by atoms with van der Waals surface area (Å²) in [6.45, 7) is 3.15. The standard InChI is InChI=1S/C16H20N4O3S3/c1-2-24-16-19-18-15(25-16)17-11-14(21)12-6-5-7-13(10-12)26(22,23)20-8-3-4-9-20/h5-7,10H,2-4,8-9,11H2,1H3,(H,17,18). The molecule has 0 aliphatic carbocycles. The molecule has 0 amide bonds. The number of rotatable bonds is 8. The minimum Gasteiger partial charge on any atom is -0.353 e. The number of carbonyl (C=O) groups excluding carboxylic acids is 1. The molecule has 1 aliphatic rings. The van der Waals surface area contributed by atoms with Crippen molar-refractivity contribution in [3.8, 4) is 0 Å². The van der Waals surface area contributed by atoms with Gasteiger partial charge in [-0.15, -0.1) is 10.2 Å². The zero-order valence-electron chi connectivity index (χ0n) is 14.3. The molecular weight excluding hydrogens is 392 g/mol. The summed E-state index contributed by atoms with van der Waals surface area (Å²) in [5, 5.41) is 11.5. The van der Waals surface area contributed by atoms with Gasteiger partial charge in [-0.3, -0.25) is 4.79 Å². The van der Waals surface area contributed by atoms with Gasteiger partial charge in [0.1, 0.15) is 0 Å². The molecule has 0 saturated carbocycles. The Balaban J connectivity index is 1.67. The van der Waals surface area contributed by atoms with Crippen LogP contribution in [-0.2, 0) is 10.0 Å². The molecule has 26 heavy (non-hydrogen) atoms. The molecule has 140 valence electrons. The van der Waals surface area contributed by atoms with Gasteiger partial charge in [0, 0.05) is 18.7 Å². The second-order valence-corrected chi connectivity index (χ2v) is 10.1. The number of ketones is 1. The highest BCUT2D eigenvalue weighted by Gasteiger charge is 2.27. The summed E-state index contributed by atoms with van der Waals surface area (Å²) in [5.74, 6) is 0.717. The fourth-order valence-corrected chi connectivity index (χ4v) is 5.84. The second kappa shape index (κ2) is 8.47. The van der Waals surface area contributed by atoms with Gasteiger partial charge in [-0.1, -0.05) is 42.2 Å². The van der Waals surface area contributed by atoms with E-state index in [1.54, 1.807) is 23.9 Å². The molecule has 7 nitrogen and oxygen atoms in total. The number of anilines is 1. The van der Waals surface area contributed by atoms with E-state index >= 15 is 0 Å². The first-order valence-corrected chi connectivity index (χ1v) is 11.6. The van der Waals surface area contributed by atoms with Crippen molar-refractivity contribution in [2.24, 2.45) is 0 Å². The molecule has 1 aromatic carbocycles. The molecular formula is C16H20N4O3S3. The topological polar surface area (TPSA) is 92.3 Å². The molecule has 10 heteroatoms. The third-order valence-corrected chi connectivity index (χ3v) is 7.72. The number of aromatic nitrogens is 2. The lowest BCUT2D eigenvalue weighted by Gasteiger charge is -2.15. The van der Waals surface area contributed by atoms with Gasteiger partial charge in [-0.2, -0.15) is 4.31 Å². The molecule has 0 unspecified atom stereocenters. The number of nitrogens with zero attached hydrogens (tertiary/aromatic N) is 3. The van der Waals surface area contributed by atoms with E-state index in [0.717, 1.165) is 22.9 Å². The molecule has 0 radical (unpaired) electrons. The van der Waals surface area contributed by atoms with Crippen LogP contribution in [0.4, 0.5) is 5.13 Å². The normalized spacial score (nSPS) is 15.3. The molecule has 2 heterocycles. The molecule has 1 saturated heterocycles. The molecule has 1 aliphatic heterocycles. The van der Waals surface area contributed by atoms with E-state index < -0.39 is 10.0 Å². The SMILES string of the molecule is CCSc1nnc(NCC(=O)c2cccc(S(=O)(=O)N3CCCC3)c2)s1. The minimum atomic E-state index is -3.53. The van der Waals surface area contributed by atoms with Crippen molar-refractivity contribution >= 4 is 44.0 Å². The van der Waals surface area contributed by atoms with Gasteiger partial charge in [0.2, 0.25) is 15.2 Å². The molecule has 0 bridgehead atoms. The average molecular weight is 413 g/mol. The van der Waals surface area contributed by atoms with Crippen molar-refractivity contribution in [1.82, 2.24) is 14.5 Å². The average Bonchev–Trinajstić information content (AvgIpc) is 3.32. The van der Waals surface area contributed by atoms with Crippen molar-refractivity contribution in [3.05, 3.63) is 29.8 Å². The van der Waals surface area contributed by atoms with Crippen LogP contribution in [0, 0.1) is 0 Å². The lowest BCUT2D eigenvalue weighted by molar-refractivity contribution is 0.101. The number of hydrogen-bond donors (Lipinski definition) is 1. The predicted molar refractivity (Wildman–Crippen MR) is 104 cm³/mol. The highest BCUT2D eigenvalue weighted by Crippen LogP contribution is 2.25. The number of sulfonamides is 1. The Labute approximate surface area is 161 Å². The quantitative estimate of drug-likeness (QED) is 0.526. The minimum absolute atomic E-state index is 0.0403. The van der Waals surface area contributed by atoms with Crippen molar-refractivity contribution in [1.29, 1.82) is 0 Å². The van der Waals surface area contributed by atoms with Crippen LogP contribution in [0.25, 0.3) is 0 Å². The fraction of sp³-hybridized carbons (Fsp3) is 0.438. The van der Waals surface area contributed by atoms with Crippen LogP contribution in [0.5, 0.6) is 0 Å². The maximum Gasteiger partial charge on any atom is 0.243 e. The van der Waals surface area contributed by atoms with Crippen LogP contribution in [-0.4, -0.2) is 54.1 Å².